The van der Waals surface area contributed by atoms with E-state index in [4.69, 9.17) is 10.8 Å². The number of nitrogens with one attached hydrogen (secondary N) is 4. The first-order chi connectivity index (χ1) is 15.7. The Morgan fingerprint density at radius 3 is 2.33 bits per heavy atom. The van der Waals surface area contributed by atoms with Gasteiger partial charge in [0.15, 0.2) is 0 Å². The maximum atomic E-state index is 12.9. The molecule has 0 radical (unpaired) electrons. The first-order valence-corrected chi connectivity index (χ1v) is 10.2. The van der Waals surface area contributed by atoms with E-state index >= 15 is 0 Å². The lowest BCUT2D eigenvalue weighted by Crippen LogP contribution is -2.59. The van der Waals surface area contributed by atoms with Crippen LogP contribution in [0.4, 0.5) is 0 Å². The second kappa shape index (κ2) is 12.3. The fourth-order valence-electron chi connectivity index (χ4n) is 3.00. The maximum absolute atomic E-state index is 12.9. The summed E-state index contributed by atoms with van der Waals surface area (Å²) in [6, 6.07) is 5.22. The number of carboxylic acids is 1. The number of carbonyl (C=O) groups is 4. The minimum absolute atomic E-state index is 0.0673. The minimum Gasteiger partial charge on any atom is -0.480 e. The zero-order valence-corrected chi connectivity index (χ0v) is 18.0. The number of benzene rings is 1. The van der Waals surface area contributed by atoms with E-state index in [1.807, 2.05) is 0 Å². The molecule has 0 aliphatic heterocycles. The highest BCUT2D eigenvalue weighted by Crippen LogP contribution is 2.05. The smallest absolute Gasteiger partial charge is 0.322 e. The number of aliphatic hydroxyl groups excluding tert-OH is 1. The Morgan fingerprint density at radius 2 is 1.76 bits per heavy atom. The standard InChI is InChI=1S/C21H28N6O6/c1-12(28)18(27-19(31)15(22)8-14-9-23-11-25-14)21(33)26-16(20(32)24-10-17(29)30)7-13-5-3-2-4-6-13/h2-6,9,11-12,15-16,18,28H,7-8,10,22H2,1H3,(H,23,25)(H,24,32)(H,26,33)(H,27,31)(H,29,30). The topological polar surface area (TPSA) is 200 Å². The zero-order valence-electron chi connectivity index (χ0n) is 18.0. The fourth-order valence-corrected chi connectivity index (χ4v) is 3.00. The number of aliphatic hydroxyl groups is 1. The van der Waals surface area contributed by atoms with Gasteiger partial charge in [0.1, 0.15) is 18.6 Å². The Hall–Kier alpha value is -3.77. The number of nitrogens with zero attached hydrogens (tertiary/aromatic N) is 1. The number of carboxylic acid groups (broad SMARTS) is 1. The van der Waals surface area contributed by atoms with Gasteiger partial charge in [0.2, 0.25) is 17.7 Å². The Labute approximate surface area is 190 Å². The molecule has 12 nitrogen and oxygen atoms in total. The second-order valence-corrected chi connectivity index (χ2v) is 7.48. The molecule has 0 fully saturated rings. The number of H-pyrrole nitrogens is 1. The van der Waals surface area contributed by atoms with Gasteiger partial charge in [0.25, 0.3) is 0 Å². The van der Waals surface area contributed by atoms with Crippen molar-refractivity contribution in [3.8, 4) is 0 Å². The normalized spacial score (nSPS) is 14.4. The van der Waals surface area contributed by atoms with Crippen LogP contribution in [-0.2, 0) is 32.0 Å². The van der Waals surface area contributed by atoms with Crippen molar-refractivity contribution in [3.05, 3.63) is 54.1 Å². The lowest BCUT2D eigenvalue weighted by molar-refractivity contribution is -0.138. The number of amides is 3. The Bertz CT molecular complexity index is 934. The number of imidazole rings is 1. The molecular formula is C21H28N6O6. The molecule has 4 atom stereocenters. The summed E-state index contributed by atoms with van der Waals surface area (Å²) in [5.74, 6) is -3.46. The van der Waals surface area contributed by atoms with Gasteiger partial charge in [-0.1, -0.05) is 30.3 Å². The lowest BCUT2D eigenvalue weighted by Gasteiger charge is -2.25. The quantitative estimate of drug-likeness (QED) is 0.190. The SMILES string of the molecule is CC(O)C(NC(=O)C(N)Cc1cnc[nH]1)C(=O)NC(Cc1ccccc1)C(=O)NCC(=O)O. The number of aromatic nitrogens is 2. The van der Waals surface area contributed by atoms with Crippen molar-refractivity contribution >= 4 is 23.7 Å². The van der Waals surface area contributed by atoms with Gasteiger partial charge in [0.05, 0.1) is 18.5 Å². The van der Waals surface area contributed by atoms with Crippen LogP contribution in [0.2, 0.25) is 0 Å². The predicted octanol–water partition coefficient (Wildman–Crippen LogP) is -1.93. The highest BCUT2D eigenvalue weighted by molar-refractivity contribution is 5.94. The molecule has 8 N–H and O–H groups in total. The van der Waals surface area contributed by atoms with E-state index in [9.17, 15) is 24.3 Å². The molecule has 4 unspecified atom stereocenters. The highest BCUT2D eigenvalue weighted by Gasteiger charge is 2.31. The van der Waals surface area contributed by atoms with E-state index in [2.05, 4.69) is 25.9 Å². The molecule has 12 heteroatoms. The van der Waals surface area contributed by atoms with Gasteiger partial charge in [0, 0.05) is 24.7 Å². The third kappa shape index (κ3) is 8.35. The molecule has 2 rings (SSSR count). The monoisotopic (exact) mass is 460 g/mol. The fraction of sp³-hybridized carbons (Fsp3) is 0.381. The molecule has 0 bridgehead atoms. The number of aromatic amines is 1. The maximum Gasteiger partial charge on any atom is 0.322 e. The van der Waals surface area contributed by atoms with E-state index in [1.54, 1.807) is 30.3 Å². The molecule has 0 aliphatic rings. The molecule has 1 aromatic heterocycles. The number of carbonyl (C=O) groups excluding carboxylic acids is 3. The summed E-state index contributed by atoms with van der Waals surface area (Å²) < 4.78 is 0. The Kier molecular flexibility index (Phi) is 9.51. The summed E-state index contributed by atoms with van der Waals surface area (Å²) in [4.78, 5) is 55.3. The molecule has 0 saturated carbocycles. The number of aliphatic carboxylic acids is 1. The van der Waals surface area contributed by atoms with Crippen LogP contribution < -0.4 is 21.7 Å². The van der Waals surface area contributed by atoms with Crippen molar-refractivity contribution in [1.29, 1.82) is 0 Å². The van der Waals surface area contributed by atoms with Crippen LogP contribution >= 0.6 is 0 Å². The van der Waals surface area contributed by atoms with Crippen LogP contribution in [0.15, 0.2) is 42.9 Å². The molecule has 1 heterocycles. The van der Waals surface area contributed by atoms with Gasteiger partial charge in [-0.3, -0.25) is 19.2 Å². The summed E-state index contributed by atoms with van der Waals surface area (Å²) in [5, 5.41) is 26.0. The molecule has 0 saturated heterocycles. The summed E-state index contributed by atoms with van der Waals surface area (Å²) in [7, 11) is 0. The van der Waals surface area contributed by atoms with Crippen LogP contribution in [0.5, 0.6) is 0 Å². The molecule has 1 aromatic carbocycles. The molecule has 33 heavy (non-hydrogen) atoms. The van der Waals surface area contributed by atoms with Crippen LogP contribution in [0.25, 0.3) is 0 Å². The number of hydrogen-bond acceptors (Lipinski definition) is 7. The van der Waals surface area contributed by atoms with E-state index in [-0.39, 0.29) is 12.8 Å². The summed E-state index contributed by atoms with van der Waals surface area (Å²) in [6.45, 7) is 0.681. The number of hydrogen-bond donors (Lipinski definition) is 7. The zero-order chi connectivity index (χ0) is 24.4. The van der Waals surface area contributed by atoms with E-state index in [1.165, 1.54) is 19.4 Å². The van der Waals surface area contributed by atoms with Crippen molar-refractivity contribution in [2.45, 2.75) is 44.0 Å². The van der Waals surface area contributed by atoms with Gasteiger partial charge < -0.3 is 36.9 Å². The third-order valence-electron chi connectivity index (χ3n) is 4.72. The second-order valence-electron chi connectivity index (χ2n) is 7.48. The largest absolute Gasteiger partial charge is 0.480 e. The van der Waals surface area contributed by atoms with Crippen molar-refractivity contribution < 1.29 is 29.4 Å². The van der Waals surface area contributed by atoms with Crippen LogP contribution in [0.1, 0.15) is 18.2 Å². The van der Waals surface area contributed by atoms with Gasteiger partial charge in [-0.2, -0.15) is 0 Å². The average molecular weight is 460 g/mol. The molecule has 0 aliphatic carbocycles. The van der Waals surface area contributed by atoms with Crippen LogP contribution in [0, 0.1) is 0 Å². The first-order valence-electron chi connectivity index (χ1n) is 10.2. The minimum atomic E-state index is -1.39. The molecular weight excluding hydrogens is 432 g/mol. The van der Waals surface area contributed by atoms with E-state index < -0.39 is 54.5 Å². The first kappa shape index (κ1) is 25.5. The van der Waals surface area contributed by atoms with Crippen molar-refractivity contribution in [3.63, 3.8) is 0 Å². The Morgan fingerprint density at radius 1 is 1.06 bits per heavy atom. The molecule has 2 aromatic rings. The summed E-state index contributed by atoms with van der Waals surface area (Å²) in [5.41, 5.74) is 7.22. The third-order valence-corrected chi connectivity index (χ3v) is 4.72. The number of nitrogens with two attached hydrogens (primary N) is 1. The van der Waals surface area contributed by atoms with Gasteiger partial charge in [-0.25, -0.2) is 4.98 Å². The lowest BCUT2D eigenvalue weighted by atomic mass is 10.0. The molecule has 178 valence electrons. The molecule has 0 spiro atoms. The molecule has 3 amide bonds. The predicted molar refractivity (Wildman–Crippen MR) is 117 cm³/mol. The summed E-state index contributed by atoms with van der Waals surface area (Å²) >= 11 is 0. The average Bonchev–Trinajstić information content (AvgIpc) is 3.28. The van der Waals surface area contributed by atoms with Crippen molar-refractivity contribution in [1.82, 2.24) is 25.9 Å². The van der Waals surface area contributed by atoms with Gasteiger partial charge in [-0.05, 0) is 12.5 Å². The highest BCUT2D eigenvalue weighted by atomic mass is 16.4. The Balaban J connectivity index is 2.09. The van der Waals surface area contributed by atoms with E-state index in [0.29, 0.717) is 11.3 Å². The van der Waals surface area contributed by atoms with Crippen LogP contribution in [-0.4, -0.2) is 74.6 Å². The van der Waals surface area contributed by atoms with Crippen molar-refractivity contribution in [2.75, 3.05) is 6.54 Å². The van der Waals surface area contributed by atoms with Crippen LogP contribution in [0.3, 0.4) is 0 Å². The van der Waals surface area contributed by atoms with E-state index in [0.717, 1.165) is 0 Å². The number of rotatable bonds is 12. The van der Waals surface area contributed by atoms with Crippen molar-refractivity contribution in [2.24, 2.45) is 5.73 Å². The van der Waals surface area contributed by atoms with Gasteiger partial charge >= 0.3 is 5.97 Å². The summed E-state index contributed by atoms with van der Waals surface area (Å²) in [6.07, 6.45) is 1.85. The van der Waals surface area contributed by atoms with Gasteiger partial charge in [-0.15, -0.1) is 0 Å².